The fraction of sp³-hybridized carbons (Fsp3) is 0.320. The molecular formula is C25H26IN4O3PS. The van der Waals surface area contributed by atoms with Gasteiger partial charge in [0.05, 0.1) is 24.0 Å². The minimum Gasteiger partial charge on any atom is -0.487 e. The number of ether oxygens (including phenoxy) is 1. The number of imidazole rings is 1. The number of primary amides is 1. The smallest absolute Gasteiger partial charge is 0.269 e. The van der Waals surface area contributed by atoms with Gasteiger partial charge in [-0.3, -0.25) is 14.3 Å². The monoisotopic (exact) mass is 620 g/mol. The highest BCUT2D eigenvalue weighted by atomic mass is 127. The zero-order chi connectivity index (χ0) is 24.6. The number of aromatic nitrogens is 3. The van der Waals surface area contributed by atoms with E-state index >= 15 is 0 Å². The van der Waals surface area contributed by atoms with Gasteiger partial charge in [0, 0.05) is 17.0 Å². The van der Waals surface area contributed by atoms with Crippen LogP contribution < -0.4 is 10.5 Å². The zero-order valence-corrected chi connectivity index (χ0v) is 23.3. The molecule has 10 heteroatoms. The third-order valence-electron chi connectivity index (χ3n) is 5.65. The van der Waals surface area contributed by atoms with Gasteiger partial charge >= 0.3 is 0 Å². The molecular weight excluding hydrogens is 594 g/mol. The Morgan fingerprint density at radius 3 is 2.86 bits per heavy atom. The molecule has 0 bridgehead atoms. The molecule has 2 N–H and O–H groups in total. The van der Waals surface area contributed by atoms with Gasteiger partial charge in [-0.15, -0.1) is 0 Å². The Kier molecular flexibility index (Phi) is 9.44. The van der Waals surface area contributed by atoms with Gasteiger partial charge in [-0.25, -0.2) is 4.98 Å². The molecule has 1 atom stereocenters. The van der Waals surface area contributed by atoms with Crippen molar-refractivity contribution in [2.45, 2.75) is 49.6 Å². The number of rotatable bonds is 9. The van der Waals surface area contributed by atoms with Crippen molar-refractivity contribution >= 4 is 46.2 Å². The number of pyridine rings is 1. The number of carbonyl (C=O) groups excluding carboxylic acids is 1. The second-order valence-electron chi connectivity index (χ2n) is 8.06. The molecule has 2 heterocycles. The standard InChI is InChI=1S/C25H26IN4O3PS/c1-17-14-20(11-10-18(17)6-5-13-33-34-26)32-16-22-23(24(27)31)29-25(35-21-8-2-3-9-21)30(22)19-7-4-12-28-15-19/h4,7,10-12,14-15,21,34H,2-3,8-9,13,16H2,1H3,(H2,27,31). The van der Waals surface area contributed by atoms with E-state index in [9.17, 15) is 4.79 Å². The van der Waals surface area contributed by atoms with E-state index in [1.807, 2.05) is 41.8 Å². The Labute approximate surface area is 224 Å². The van der Waals surface area contributed by atoms with Gasteiger partial charge in [-0.05, 0) is 77.7 Å². The van der Waals surface area contributed by atoms with Crippen LogP contribution in [0.4, 0.5) is 0 Å². The Balaban J connectivity index is 1.62. The number of amides is 1. The van der Waals surface area contributed by atoms with Crippen molar-refractivity contribution < 1.29 is 14.1 Å². The summed E-state index contributed by atoms with van der Waals surface area (Å²) in [6.45, 7) is 2.94. The van der Waals surface area contributed by atoms with Crippen molar-refractivity contribution in [2.24, 2.45) is 5.73 Å². The van der Waals surface area contributed by atoms with E-state index in [4.69, 9.17) is 15.0 Å². The number of benzene rings is 1. The van der Waals surface area contributed by atoms with Crippen molar-refractivity contribution in [1.29, 1.82) is 0 Å². The molecule has 35 heavy (non-hydrogen) atoms. The van der Waals surface area contributed by atoms with E-state index in [-0.39, 0.29) is 12.3 Å². The SMILES string of the molecule is Cc1cc(OCc2c(C(N)=O)nc(SC3CCCC3)n2-c2cccnc2)ccc1C#CCOPI. The van der Waals surface area contributed by atoms with Crippen molar-refractivity contribution in [2.75, 3.05) is 6.61 Å². The van der Waals surface area contributed by atoms with E-state index < -0.39 is 5.91 Å². The lowest BCUT2D eigenvalue weighted by Crippen LogP contribution is -2.16. The van der Waals surface area contributed by atoms with Crippen molar-refractivity contribution in [3.63, 3.8) is 0 Å². The second kappa shape index (κ2) is 12.7. The summed E-state index contributed by atoms with van der Waals surface area (Å²) < 4.78 is 13.4. The number of hydrogen-bond acceptors (Lipinski definition) is 6. The lowest BCUT2D eigenvalue weighted by atomic mass is 10.1. The highest BCUT2D eigenvalue weighted by Gasteiger charge is 2.26. The van der Waals surface area contributed by atoms with Crippen LogP contribution >= 0.6 is 40.3 Å². The van der Waals surface area contributed by atoms with E-state index in [0.717, 1.165) is 34.8 Å². The number of thioether (sulfide) groups is 1. The Hall–Kier alpha value is -2.12. The van der Waals surface area contributed by atoms with Crippen LogP contribution in [-0.2, 0) is 11.1 Å². The highest BCUT2D eigenvalue weighted by molar-refractivity contribution is 14.2. The van der Waals surface area contributed by atoms with Crippen LogP contribution in [0.1, 0.15) is 53.0 Å². The largest absolute Gasteiger partial charge is 0.487 e. The van der Waals surface area contributed by atoms with E-state index in [0.29, 0.717) is 29.8 Å². The summed E-state index contributed by atoms with van der Waals surface area (Å²) in [6, 6.07) is 9.55. The van der Waals surface area contributed by atoms with Gasteiger partial charge in [0.15, 0.2) is 10.9 Å². The first kappa shape index (κ1) is 26.0. The predicted molar refractivity (Wildman–Crippen MR) is 149 cm³/mol. The van der Waals surface area contributed by atoms with Crippen LogP contribution in [0.15, 0.2) is 47.9 Å². The van der Waals surface area contributed by atoms with Crippen LogP contribution in [0.25, 0.3) is 5.69 Å². The summed E-state index contributed by atoms with van der Waals surface area (Å²) in [5.74, 6) is 6.25. The van der Waals surface area contributed by atoms with Crippen molar-refractivity contribution in [3.8, 4) is 23.3 Å². The summed E-state index contributed by atoms with van der Waals surface area (Å²) in [5, 5.41) is 1.22. The first-order chi connectivity index (χ1) is 17.1. The maximum absolute atomic E-state index is 12.4. The fourth-order valence-corrected chi connectivity index (χ4v) is 5.89. The minimum absolute atomic E-state index is 0.139. The maximum Gasteiger partial charge on any atom is 0.269 e. The maximum atomic E-state index is 12.4. The number of hydrogen-bond donors (Lipinski definition) is 1. The molecule has 0 radical (unpaired) electrons. The van der Waals surface area contributed by atoms with Gasteiger partial charge in [0.1, 0.15) is 19.0 Å². The number of nitrogens with zero attached hydrogens (tertiary/aromatic N) is 3. The fourth-order valence-electron chi connectivity index (χ4n) is 3.96. The molecule has 0 spiro atoms. The topological polar surface area (TPSA) is 92.3 Å². The van der Waals surface area contributed by atoms with Gasteiger partial charge in [-0.2, -0.15) is 0 Å². The van der Waals surface area contributed by atoms with Crippen molar-refractivity contribution in [1.82, 2.24) is 14.5 Å². The molecule has 1 aliphatic carbocycles. The molecule has 7 nitrogen and oxygen atoms in total. The average Bonchev–Trinajstić information content (AvgIpc) is 3.50. The third-order valence-corrected chi connectivity index (χ3v) is 8.13. The molecule has 1 aromatic carbocycles. The normalized spacial score (nSPS) is 13.8. The molecule has 1 aliphatic rings. The molecule has 1 saturated carbocycles. The quantitative estimate of drug-likeness (QED) is 0.145. The van der Waals surface area contributed by atoms with E-state index in [1.165, 1.54) is 12.8 Å². The van der Waals surface area contributed by atoms with E-state index in [1.54, 1.807) is 24.2 Å². The summed E-state index contributed by atoms with van der Waals surface area (Å²) in [7, 11) is 0. The summed E-state index contributed by atoms with van der Waals surface area (Å²) >= 11 is 3.87. The zero-order valence-electron chi connectivity index (χ0n) is 19.3. The molecule has 0 aliphatic heterocycles. The third kappa shape index (κ3) is 6.76. The van der Waals surface area contributed by atoms with Crippen LogP contribution in [0, 0.1) is 18.8 Å². The average molecular weight is 620 g/mol. The van der Waals surface area contributed by atoms with Crippen LogP contribution in [-0.4, -0.2) is 32.3 Å². The molecule has 182 valence electrons. The number of carbonyl (C=O) groups is 1. The molecule has 1 fully saturated rings. The molecule has 1 amide bonds. The molecule has 3 aromatic rings. The van der Waals surface area contributed by atoms with E-state index in [2.05, 4.69) is 43.8 Å². The first-order valence-corrected chi connectivity index (χ1v) is 16.1. The van der Waals surface area contributed by atoms with Gasteiger partial charge in [0.25, 0.3) is 5.91 Å². The lowest BCUT2D eigenvalue weighted by Gasteiger charge is -2.15. The first-order valence-electron chi connectivity index (χ1n) is 11.2. The molecule has 4 rings (SSSR count). The van der Waals surface area contributed by atoms with Crippen LogP contribution in [0.2, 0.25) is 0 Å². The Morgan fingerprint density at radius 1 is 1.34 bits per heavy atom. The number of nitrogens with two attached hydrogens (primary N) is 1. The minimum atomic E-state index is -0.573. The predicted octanol–water partition coefficient (Wildman–Crippen LogP) is 5.60. The van der Waals surface area contributed by atoms with Gasteiger partial charge in [0.2, 0.25) is 0 Å². The molecule has 1 unspecified atom stereocenters. The van der Waals surface area contributed by atoms with Gasteiger partial charge < -0.3 is 15.0 Å². The number of aryl methyl sites for hydroxylation is 1. The Morgan fingerprint density at radius 2 is 2.17 bits per heavy atom. The summed E-state index contributed by atoms with van der Waals surface area (Å²) in [6.07, 6.45) is 8.19. The van der Waals surface area contributed by atoms with Gasteiger partial charge in [-0.1, -0.05) is 36.4 Å². The highest BCUT2D eigenvalue weighted by Crippen LogP contribution is 2.36. The van der Waals surface area contributed by atoms with Crippen LogP contribution in [0.5, 0.6) is 5.75 Å². The second-order valence-corrected chi connectivity index (χ2v) is 11.1. The Bertz CT molecular complexity index is 1240. The van der Waals surface area contributed by atoms with Crippen LogP contribution in [0.3, 0.4) is 0 Å². The molecule has 0 saturated heterocycles. The molecule has 2 aromatic heterocycles. The summed E-state index contributed by atoms with van der Waals surface area (Å²) in [5.41, 5.74) is 9.33. The lowest BCUT2D eigenvalue weighted by molar-refractivity contribution is 0.0993. The van der Waals surface area contributed by atoms with Crippen molar-refractivity contribution in [3.05, 3.63) is 65.2 Å². The number of halogens is 1. The summed E-state index contributed by atoms with van der Waals surface area (Å²) in [4.78, 5) is 21.3.